The molecule has 1 aromatic rings. The summed E-state index contributed by atoms with van der Waals surface area (Å²) in [6.45, 7) is 0. The molecule has 2 N–H and O–H groups in total. The van der Waals surface area contributed by atoms with Gasteiger partial charge in [-0.3, -0.25) is 19.7 Å². The van der Waals surface area contributed by atoms with Gasteiger partial charge in [-0.05, 0) is 36.8 Å². The highest BCUT2D eigenvalue weighted by Gasteiger charge is 2.56. The molecule has 2 bridgehead atoms. The highest BCUT2D eigenvalue weighted by atomic mass is 16.6. The maximum absolute atomic E-state index is 12.8. The molecule has 2 fully saturated rings. The predicted molar refractivity (Wildman–Crippen MR) is 82.3 cm³/mol. The highest BCUT2D eigenvalue weighted by molar-refractivity contribution is 6.22. The van der Waals surface area contributed by atoms with Gasteiger partial charge in [0.15, 0.2) is 0 Å². The number of imide groups is 1. The van der Waals surface area contributed by atoms with Gasteiger partial charge < -0.3 is 5.73 Å². The molecule has 4 atom stereocenters. The van der Waals surface area contributed by atoms with Crippen LogP contribution in [-0.4, -0.2) is 16.7 Å². The molecule has 5 rings (SSSR count). The minimum Gasteiger partial charge on any atom is -0.393 e. The Morgan fingerprint density at radius 1 is 1.09 bits per heavy atom. The maximum atomic E-state index is 12.8. The molecule has 0 unspecified atom stereocenters. The average Bonchev–Trinajstić information content (AvgIpc) is 2.83. The number of hydrogen-bond donors (Lipinski definition) is 1. The number of rotatable bonds is 2. The Bertz CT molecular complexity index is 741. The number of carbonyl (C=O) groups is 2. The number of nitrogens with two attached hydrogens (primary N) is 1. The molecular weight excluding hydrogens is 298 g/mol. The first kappa shape index (κ1) is 13.9. The molecule has 1 aliphatic heterocycles. The van der Waals surface area contributed by atoms with E-state index in [0.29, 0.717) is 0 Å². The number of carbonyl (C=O) groups excluding carboxylic acids is 2. The summed E-state index contributed by atoms with van der Waals surface area (Å²) in [7, 11) is 0. The Morgan fingerprint density at radius 2 is 1.65 bits per heavy atom. The van der Waals surface area contributed by atoms with Gasteiger partial charge in [-0.1, -0.05) is 12.2 Å². The lowest BCUT2D eigenvalue weighted by Gasteiger charge is -2.38. The molecule has 3 aliphatic carbocycles. The molecule has 7 heteroatoms. The Morgan fingerprint density at radius 3 is 2.13 bits per heavy atom. The van der Waals surface area contributed by atoms with Gasteiger partial charge >= 0.3 is 0 Å². The summed E-state index contributed by atoms with van der Waals surface area (Å²) in [6, 6.07) is 4.06. The van der Waals surface area contributed by atoms with Gasteiger partial charge in [0, 0.05) is 6.07 Å². The summed E-state index contributed by atoms with van der Waals surface area (Å²) in [5.41, 5.74) is 5.54. The number of nitro groups is 1. The molecule has 4 aliphatic rings. The van der Waals surface area contributed by atoms with E-state index in [0.717, 1.165) is 17.7 Å². The topological polar surface area (TPSA) is 107 Å². The number of nitrogen functional groups attached to an aromatic ring is 1. The fraction of sp³-hybridized carbons (Fsp3) is 0.375. The van der Waals surface area contributed by atoms with E-state index >= 15 is 0 Å². The van der Waals surface area contributed by atoms with Gasteiger partial charge in [0.25, 0.3) is 5.69 Å². The Kier molecular flexibility index (Phi) is 2.81. The van der Waals surface area contributed by atoms with Crippen molar-refractivity contribution in [1.82, 2.24) is 0 Å². The Hall–Kier alpha value is -2.70. The van der Waals surface area contributed by atoms with E-state index in [1.807, 2.05) is 12.2 Å². The van der Waals surface area contributed by atoms with Crippen LogP contribution < -0.4 is 10.6 Å². The lowest BCUT2D eigenvalue weighted by molar-refractivity contribution is -0.383. The predicted octanol–water partition coefficient (Wildman–Crippen LogP) is 1.88. The number of nitrogens with zero attached hydrogens (tertiary/aromatic N) is 2. The first-order valence-electron chi connectivity index (χ1n) is 7.59. The van der Waals surface area contributed by atoms with Crippen molar-refractivity contribution in [2.75, 3.05) is 10.6 Å². The second-order valence-electron chi connectivity index (χ2n) is 6.35. The molecule has 1 saturated heterocycles. The lowest BCUT2D eigenvalue weighted by atomic mass is 9.63. The third-order valence-electron chi connectivity index (χ3n) is 5.23. The van der Waals surface area contributed by atoms with Crippen molar-refractivity contribution in [2.24, 2.45) is 23.7 Å². The van der Waals surface area contributed by atoms with E-state index in [2.05, 4.69) is 0 Å². The second-order valence-corrected chi connectivity index (χ2v) is 6.35. The summed E-state index contributed by atoms with van der Waals surface area (Å²) < 4.78 is 0. The normalized spacial score (nSPS) is 31.6. The molecule has 7 nitrogen and oxygen atoms in total. The summed E-state index contributed by atoms with van der Waals surface area (Å²) in [5, 5.41) is 11.0. The zero-order valence-corrected chi connectivity index (χ0v) is 12.2. The lowest BCUT2D eigenvalue weighted by Crippen LogP contribution is -2.38. The molecule has 0 radical (unpaired) electrons. The van der Waals surface area contributed by atoms with E-state index in [4.69, 9.17) is 5.73 Å². The average molecular weight is 313 g/mol. The summed E-state index contributed by atoms with van der Waals surface area (Å²) in [6.07, 6.45) is 5.90. The van der Waals surface area contributed by atoms with Crippen molar-refractivity contribution in [2.45, 2.75) is 12.8 Å². The van der Waals surface area contributed by atoms with Crippen LogP contribution in [-0.2, 0) is 9.59 Å². The largest absolute Gasteiger partial charge is 0.393 e. The first-order chi connectivity index (χ1) is 11.0. The van der Waals surface area contributed by atoms with Crippen molar-refractivity contribution in [3.63, 3.8) is 0 Å². The van der Waals surface area contributed by atoms with Gasteiger partial charge in [-0.15, -0.1) is 0 Å². The summed E-state index contributed by atoms with van der Waals surface area (Å²) in [5.74, 6) is -0.979. The molecule has 118 valence electrons. The zero-order valence-electron chi connectivity index (χ0n) is 12.2. The number of anilines is 2. The first-order valence-corrected chi connectivity index (χ1v) is 7.59. The van der Waals surface area contributed by atoms with Crippen LogP contribution in [0.5, 0.6) is 0 Å². The van der Waals surface area contributed by atoms with Crippen molar-refractivity contribution in [1.29, 1.82) is 0 Å². The van der Waals surface area contributed by atoms with Gasteiger partial charge in [0.05, 0.1) is 22.4 Å². The van der Waals surface area contributed by atoms with E-state index in [-0.39, 0.29) is 52.5 Å². The number of fused-ring (bicyclic) bond motifs is 1. The van der Waals surface area contributed by atoms with Crippen LogP contribution in [0.1, 0.15) is 12.8 Å². The molecule has 1 saturated carbocycles. The van der Waals surface area contributed by atoms with Crippen LogP contribution in [0.25, 0.3) is 0 Å². The molecular formula is C16H15N3O4. The van der Waals surface area contributed by atoms with Crippen molar-refractivity contribution >= 4 is 28.9 Å². The van der Waals surface area contributed by atoms with Crippen LogP contribution in [0.3, 0.4) is 0 Å². The molecule has 0 aromatic heterocycles. The smallest absolute Gasteiger partial charge is 0.294 e. The standard InChI is InChI=1S/C16H15N3O4/c17-11-6-5-10(7-12(11)19(22)23)18-15(20)13-8-1-2-9(4-3-8)14(13)16(18)21/h1-2,5-9,13-14H,3-4,17H2/t8-,9+,13-,14+. The van der Waals surface area contributed by atoms with Gasteiger partial charge in [-0.25, -0.2) is 4.90 Å². The van der Waals surface area contributed by atoms with Crippen LogP contribution in [0.4, 0.5) is 17.1 Å². The Balaban J connectivity index is 1.76. The number of nitro benzene ring substituents is 1. The van der Waals surface area contributed by atoms with E-state index in [9.17, 15) is 19.7 Å². The minimum atomic E-state index is -0.609. The fourth-order valence-electron chi connectivity index (χ4n) is 4.16. The van der Waals surface area contributed by atoms with E-state index in [1.54, 1.807) is 0 Å². The maximum Gasteiger partial charge on any atom is 0.294 e. The molecule has 0 spiro atoms. The number of hydrogen-bond acceptors (Lipinski definition) is 5. The number of benzene rings is 1. The van der Waals surface area contributed by atoms with Crippen LogP contribution in [0, 0.1) is 33.8 Å². The monoisotopic (exact) mass is 313 g/mol. The molecule has 23 heavy (non-hydrogen) atoms. The van der Waals surface area contributed by atoms with Crippen LogP contribution >= 0.6 is 0 Å². The fourth-order valence-corrected chi connectivity index (χ4v) is 4.16. The quantitative estimate of drug-likeness (QED) is 0.295. The number of allylic oxidation sites excluding steroid dienone is 2. The zero-order chi connectivity index (χ0) is 16.3. The van der Waals surface area contributed by atoms with Crippen molar-refractivity contribution in [3.8, 4) is 0 Å². The van der Waals surface area contributed by atoms with Crippen LogP contribution in [0.2, 0.25) is 0 Å². The molecule has 1 aromatic carbocycles. The molecule has 2 amide bonds. The SMILES string of the molecule is Nc1ccc(N2C(=O)[C@@H]3[C@H](C2=O)[C@@H]2C=C[C@H]3CC2)cc1[N+](=O)[O-]. The Labute approximate surface area is 131 Å². The van der Waals surface area contributed by atoms with E-state index in [1.165, 1.54) is 18.2 Å². The highest BCUT2D eigenvalue weighted by Crippen LogP contribution is 2.50. The summed E-state index contributed by atoms with van der Waals surface area (Å²) in [4.78, 5) is 37.1. The second kappa shape index (κ2) is 4.65. The minimum absolute atomic E-state index is 0.0111. The summed E-state index contributed by atoms with van der Waals surface area (Å²) >= 11 is 0. The van der Waals surface area contributed by atoms with Crippen LogP contribution in [0.15, 0.2) is 30.4 Å². The van der Waals surface area contributed by atoms with Crippen molar-refractivity contribution in [3.05, 3.63) is 40.5 Å². The molecule has 1 heterocycles. The van der Waals surface area contributed by atoms with E-state index < -0.39 is 4.92 Å². The van der Waals surface area contributed by atoms with Crippen molar-refractivity contribution < 1.29 is 14.5 Å². The number of amides is 2. The third-order valence-corrected chi connectivity index (χ3v) is 5.23. The van der Waals surface area contributed by atoms with Gasteiger partial charge in [0.1, 0.15) is 5.69 Å². The third kappa shape index (κ3) is 1.82. The van der Waals surface area contributed by atoms with Gasteiger partial charge in [0.2, 0.25) is 11.8 Å². The van der Waals surface area contributed by atoms with Gasteiger partial charge in [-0.2, -0.15) is 0 Å².